The third kappa shape index (κ3) is 2.28. The standard InChI is InChI=1S/C18H4F10O2/c19-2-1-18(28,30)17(29)8-3(2)4-5(10(21)14(25)13(24)9(4)20)6-7(8)12(23)16(27)15(26)11(6)22/h1,17,29-30H. The summed E-state index contributed by atoms with van der Waals surface area (Å²) in [6.45, 7) is 0. The first kappa shape index (κ1) is 20.4. The van der Waals surface area contributed by atoms with E-state index in [2.05, 4.69) is 0 Å². The maximum absolute atomic E-state index is 14.5. The molecule has 2 unspecified atom stereocenters. The first-order valence-corrected chi connectivity index (χ1v) is 7.78. The van der Waals surface area contributed by atoms with Gasteiger partial charge >= 0.3 is 0 Å². The van der Waals surface area contributed by atoms with Crippen molar-refractivity contribution >= 4 is 27.4 Å². The van der Waals surface area contributed by atoms with E-state index in [1.54, 1.807) is 0 Å². The largest absolute Gasteiger partial charge is 0.382 e. The van der Waals surface area contributed by atoms with Gasteiger partial charge in [-0.2, -0.15) is 0 Å². The van der Waals surface area contributed by atoms with Crippen LogP contribution < -0.4 is 0 Å². The number of hydrogen-bond donors (Lipinski definition) is 2. The summed E-state index contributed by atoms with van der Waals surface area (Å²) in [6.07, 6.45) is -3.47. The van der Waals surface area contributed by atoms with Crippen molar-refractivity contribution < 1.29 is 54.1 Å². The summed E-state index contributed by atoms with van der Waals surface area (Å²) in [7, 11) is 0. The minimum absolute atomic E-state index is 0.391. The normalized spacial score (nSPS) is 21.3. The van der Waals surface area contributed by atoms with Gasteiger partial charge in [-0.05, 0) is 0 Å². The number of fused-ring (bicyclic) bond motifs is 6. The van der Waals surface area contributed by atoms with E-state index >= 15 is 0 Å². The number of aliphatic hydroxyl groups is 2. The molecule has 0 fully saturated rings. The SMILES string of the molecule is OC1c2c(c3c(F)c(F)c(F)c(F)c3c3c(F)c(F)c(F)c(F)c23)C(F)=CC1(O)F. The Hall–Kier alpha value is -2.86. The van der Waals surface area contributed by atoms with Gasteiger partial charge in [0.25, 0.3) is 5.85 Å². The summed E-state index contributed by atoms with van der Waals surface area (Å²) in [5, 5.41) is 12.6. The van der Waals surface area contributed by atoms with E-state index in [4.69, 9.17) is 0 Å². The van der Waals surface area contributed by atoms with Crippen molar-refractivity contribution in [3.05, 3.63) is 63.7 Å². The van der Waals surface area contributed by atoms with Crippen molar-refractivity contribution in [2.24, 2.45) is 0 Å². The Labute approximate surface area is 158 Å². The summed E-state index contributed by atoms with van der Waals surface area (Å²) >= 11 is 0. The number of halogens is 10. The number of alkyl halides is 1. The summed E-state index contributed by atoms with van der Waals surface area (Å²) in [5.41, 5.74) is -3.10. The predicted molar refractivity (Wildman–Crippen MR) is 81.2 cm³/mol. The lowest BCUT2D eigenvalue weighted by Gasteiger charge is -2.30. The molecule has 158 valence electrons. The fraction of sp³-hybridized carbons (Fsp3) is 0.111. The van der Waals surface area contributed by atoms with Gasteiger partial charge in [0.2, 0.25) is 0 Å². The van der Waals surface area contributed by atoms with Crippen LogP contribution in [0.15, 0.2) is 6.08 Å². The molecule has 2 atom stereocenters. The lowest BCUT2D eigenvalue weighted by atomic mass is 9.82. The van der Waals surface area contributed by atoms with Gasteiger partial charge in [-0.1, -0.05) is 0 Å². The molecule has 0 aliphatic heterocycles. The number of benzene rings is 3. The van der Waals surface area contributed by atoms with Crippen LogP contribution >= 0.6 is 0 Å². The van der Waals surface area contributed by atoms with Crippen LogP contribution in [0.25, 0.3) is 27.4 Å². The Morgan fingerprint density at radius 2 is 0.967 bits per heavy atom. The molecule has 30 heavy (non-hydrogen) atoms. The Morgan fingerprint density at radius 1 is 0.600 bits per heavy atom. The van der Waals surface area contributed by atoms with Crippen molar-refractivity contribution in [3.63, 3.8) is 0 Å². The molecule has 1 aliphatic rings. The molecule has 12 heteroatoms. The molecule has 0 radical (unpaired) electrons. The molecular weight excluding hydrogens is 438 g/mol. The van der Waals surface area contributed by atoms with Crippen molar-refractivity contribution in [3.8, 4) is 0 Å². The van der Waals surface area contributed by atoms with E-state index in [0.717, 1.165) is 0 Å². The molecule has 4 rings (SSSR count). The first-order valence-electron chi connectivity index (χ1n) is 7.78. The van der Waals surface area contributed by atoms with Crippen LogP contribution in [0.5, 0.6) is 0 Å². The Bertz CT molecular complexity index is 1330. The summed E-state index contributed by atoms with van der Waals surface area (Å²) in [5.74, 6) is -26.1. The lowest BCUT2D eigenvalue weighted by Crippen LogP contribution is -2.33. The zero-order valence-corrected chi connectivity index (χ0v) is 13.8. The zero-order chi connectivity index (χ0) is 22.4. The van der Waals surface area contributed by atoms with Crippen molar-refractivity contribution in [2.75, 3.05) is 0 Å². The average Bonchev–Trinajstić information content (AvgIpc) is 2.69. The Balaban J connectivity index is 2.52. The molecule has 0 aromatic heterocycles. The van der Waals surface area contributed by atoms with Crippen LogP contribution in [-0.2, 0) is 0 Å². The summed E-state index contributed by atoms with van der Waals surface area (Å²) in [4.78, 5) is 0. The molecule has 0 saturated carbocycles. The number of aliphatic hydroxyl groups excluding tert-OH is 1. The second-order valence-electron chi connectivity index (χ2n) is 6.42. The molecule has 3 aromatic carbocycles. The number of hydrogen-bond acceptors (Lipinski definition) is 2. The lowest BCUT2D eigenvalue weighted by molar-refractivity contribution is -0.135. The average molecular weight is 442 g/mol. The van der Waals surface area contributed by atoms with Crippen LogP contribution in [0.3, 0.4) is 0 Å². The Kier molecular flexibility index (Phi) is 4.14. The maximum Gasteiger partial charge on any atom is 0.259 e. The molecule has 0 heterocycles. The van der Waals surface area contributed by atoms with Gasteiger partial charge in [-0.15, -0.1) is 0 Å². The maximum atomic E-state index is 14.5. The third-order valence-electron chi connectivity index (χ3n) is 4.80. The molecule has 3 aromatic rings. The molecule has 2 N–H and O–H groups in total. The van der Waals surface area contributed by atoms with Crippen molar-refractivity contribution in [2.45, 2.75) is 12.0 Å². The minimum atomic E-state index is -4.06. The van der Waals surface area contributed by atoms with Crippen molar-refractivity contribution in [1.82, 2.24) is 0 Å². The van der Waals surface area contributed by atoms with Gasteiger partial charge in [0.15, 0.2) is 46.5 Å². The third-order valence-corrected chi connectivity index (χ3v) is 4.80. The van der Waals surface area contributed by atoms with E-state index in [0.29, 0.717) is 0 Å². The summed E-state index contributed by atoms with van der Waals surface area (Å²) < 4.78 is 142. The van der Waals surface area contributed by atoms with E-state index in [9.17, 15) is 54.1 Å². The van der Waals surface area contributed by atoms with Crippen LogP contribution in [0, 0.1) is 46.5 Å². The second-order valence-corrected chi connectivity index (χ2v) is 6.42. The summed E-state index contributed by atoms with van der Waals surface area (Å²) in [6, 6.07) is 0. The van der Waals surface area contributed by atoms with Crippen LogP contribution in [-0.4, -0.2) is 16.1 Å². The fourth-order valence-electron chi connectivity index (χ4n) is 3.53. The minimum Gasteiger partial charge on any atom is -0.382 e. The van der Waals surface area contributed by atoms with Gasteiger partial charge in [0.05, 0.1) is 0 Å². The number of rotatable bonds is 0. The van der Waals surface area contributed by atoms with Gasteiger partial charge in [-0.25, -0.2) is 43.9 Å². The molecule has 0 spiro atoms. The molecule has 0 saturated heterocycles. The fourth-order valence-corrected chi connectivity index (χ4v) is 3.53. The Morgan fingerprint density at radius 3 is 1.43 bits per heavy atom. The van der Waals surface area contributed by atoms with Gasteiger partial charge < -0.3 is 10.2 Å². The van der Waals surface area contributed by atoms with Crippen LogP contribution in [0.2, 0.25) is 0 Å². The second kappa shape index (κ2) is 6.08. The highest BCUT2D eigenvalue weighted by Gasteiger charge is 2.46. The van der Waals surface area contributed by atoms with Crippen molar-refractivity contribution in [1.29, 1.82) is 0 Å². The van der Waals surface area contributed by atoms with E-state index in [-0.39, 0.29) is 0 Å². The molecule has 1 aliphatic carbocycles. The first-order chi connectivity index (χ1) is 13.8. The quantitative estimate of drug-likeness (QED) is 0.220. The van der Waals surface area contributed by atoms with Gasteiger partial charge in [0, 0.05) is 38.7 Å². The highest BCUT2D eigenvalue weighted by Crippen LogP contribution is 2.50. The van der Waals surface area contributed by atoms with Crippen LogP contribution in [0.4, 0.5) is 43.9 Å². The topological polar surface area (TPSA) is 40.5 Å². The molecular formula is C18H4F10O2. The smallest absolute Gasteiger partial charge is 0.259 e. The van der Waals surface area contributed by atoms with Gasteiger partial charge in [0.1, 0.15) is 11.9 Å². The monoisotopic (exact) mass is 442 g/mol. The highest BCUT2D eigenvalue weighted by molar-refractivity contribution is 6.15. The zero-order valence-electron chi connectivity index (χ0n) is 13.8. The molecule has 2 nitrogen and oxygen atoms in total. The van der Waals surface area contributed by atoms with E-state index in [1.807, 2.05) is 0 Å². The highest BCUT2D eigenvalue weighted by atomic mass is 19.2. The van der Waals surface area contributed by atoms with E-state index < -0.39 is 103 Å². The van der Waals surface area contributed by atoms with E-state index in [1.165, 1.54) is 0 Å². The molecule has 0 bridgehead atoms. The van der Waals surface area contributed by atoms with Gasteiger partial charge in [-0.3, -0.25) is 0 Å². The predicted octanol–water partition coefficient (Wildman–Crippen LogP) is 5.12. The molecule has 0 amide bonds. The van der Waals surface area contributed by atoms with Crippen LogP contribution in [0.1, 0.15) is 17.2 Å².